The Bertz CT molecular complexity index is 1390. The van der Waals surface area contributed by atoms with Crippen LogP contribution >= 0.6 is 0 Å². The SMILES string of the molecule is COC1(CC[C@@H](C)CO[C@@H]2O[C@H](CO)[C@@H](O)[C@H](O)[C@H]2O)O[C@H]2C[C@H]3[C@@H]4C[C@@H](O)[C@@]5(O)C[C@@H](O)[C@H](O[C@@H]6O[C@H](CO)[C@@H](O)[C@H](O)[C@H]6O)C[C@]5(C)[C@H]4CC[C@]3(C)[C@H]2[C@@H]1C. The topological polar surface area (TPSA) is 278 Å². The molecule has 57 heavy (non-hydrogen) atoms. The third-order valence-electron chi connectivity index (χ3n) is 16.4. The smallest absolute Gasteiger partial charge is 0.187 e. The van der Waals surface area contributed by atoms with Crippen LogP contribution in [0, 0.1) is 46.3 Å². The van der Waals surface area contributed by atoms with E-state index in [-0.39, 0.29) is 66.5 Å². The van der Waals surface area contributed by atoms with E-state index in [4.69, 9.17) is 28.4 Å². The summed E-state index contributed by atoms with van der Waals surface area (Å²) >= 11 is 0. The molecule has 3 saturated heterocycles. The number of ether oxygens (including phenoxy) is 6. The molecular formula is C40H68O17. The van der Waals surface area contributed by atoms with Gasteiger partial charge in [-0.1, -0.05) is 27.7 Å². The third-order valence-corrected chi connectivity index (χ3v) is 16.4. The Morgan fingerprint density at radius 1 is 0.789 bits per heavy atom. The molecule has 4 saturated carbocycles. The molecule has 0 radical (unpaired) electrons. The highest BCUT2D eigenvalue weighted by atomic mass is 16.7. The fraction of sp³-hybridized carbons (Fsp3) is 1.00. The van der Waals surface area contributed by atoms with Crippen LogP contribution in [0.3, 0.4) is 0 Å². The van der Waals surface area contributed by atoms with Crippen LogP contribution in [0.5, 0.6) is 0 Å². The molecule has 0 aromatic carbocycles. The summed E-state index contributed by atoms with van der Waals surface area (Å²) in [7, 11) is 1.67. The maximum absolute atomic E-state index is 12.3. The molecule has 3 heterocycles. The normalized spacial score (nSPS) is 56.7. The average Bonchev–Trinajstić information content (AvgIpc) is 3.64. The molecule has 11 N–H and O–H groups in total. The van der Waals surface area contributed by atoms with Gasteiger partial charge in [0, 0.05) is 31.3 Å². The van der Waals surface area contributed by atoms with E-state index in [0.29, 0.717) is 19.3 Å². The Kier molecular flexibility index (Phi) is 12.6. The Labute approximate surface area is 333 Å². The lowest BCUT2D eigenvalue weighted by Gasteiger charge is -2.66. The Morgan fingerprint density at radius 3 is 2.02 bits per heavy atom. The number of methoxy groups -OCH3 is 1. The van der Waals surface area contributed by atoms with Crippen LogP contribution in [0.4, 0.5) is 0 Å². The molecule has 4 aliphatic carbocycles. The van der Waals surface area contributed by atoms with Gasteiger partial charge in [-0.15, -0.1) is 0 Å². The summed E-state index contributed by atoms with van der Waals surface area (Å²) < 4.78 is 36.2. The first kappa shape index (κ1) is 44.4. The molecule has 0 amide bonds. The zero-order valence-electron chi connectivity index (χ0n) is 33.7. The predicted molar refractivity (Wildman–Crippen MR) is 195 cm³/mol. The zero-order valence-corrected chi connectivity index (χ0v) is 33.7. The van der Waals surface area contributed by atoms with Crippen LogP contribution in [0.15, 0.2) is 0 Å². The summed E-state index contributed by atoms with van der Waals surface area (Å²) in [6.07, 6.45) is -13.6. The van der Waals surface area contributed by atoms with Crippen LogP contribution < -0.4 is 0 Å². The van der Waals surface area contributed by atoms with Crippen molar-refractivity contribution in [2.45, 2.75) is 176 Å². The zero-order chi connectivity index (χ0) is 41.6. The minimum Gasteiger partial charge on any atom is -0.394 e. The molecule has 17 heteroatoms. The van der Waals surface area contributed by atoms with E-state index >= 15 is 0 Å². The lowest BCUT2D eigenvalue weighted by atomic mass is 9.42. The van der Waals surface area contributed by atoms with Gasteiger partial charge in [0.2, 0.25) is 0 Å². The number of aliphatic hydroxyl groups excluding tert-OH is 10. The van der Waals surface area contributed by atoms with Crippen molar-refractivity contribution >= 4 is 0 Å². The standard InChI is InChI=1S/C40H68O17/c1-17(16-53-35-33(49)31(47)29(45)25(14-41)55-35)6-9-40(52-5)18(2)28-23(57-40)11-21-19-10-27(44)39(51)12-22(43)24(13-38(39,4)20(19)7-8-37(21,28)3)54-36-34(50)32(48)30(46)26(15-42)56-36/h17-36,41-51H,6-16H2,1-5H3/t17-,18+,19-,20+,21+,22-,23+,24-,25-,26-,27-,28+,29-,30-,31+,32+,33-,34-,35-,36-,37+,38-,39+,40?/m1/s1. The molecule has 0 spiro atoms. The van der Waals surface area contributed by atoms with Crippen molar-refractivity contribution in [3.8, 4) is 0 Å². The molecule has 1 unspecified atom stereocenters. The van der Waals surface area contributed by atoms with Crippen molar-refractivity contribution in [1.82, 2.24) is 0 Å². The van der Waals surface area contributed by atoms with Crippen molar-refractivity contribution in [3.05, 3.63) is 0 Å². The van der Waals surface area contributed by atoms with E-state index in [2.05, 4.69) is 13.8 Å². The van der Waals surface area contributed by atoms with Gasteiger partial charge in [0.15, 0.2) is 18.4 Å². The molecule has 0 aromatic rings. The second-order valence-electron chi connectivity index (χ2n) is 19.3. The monoisotopic (exact) mass is 820 g/mol. The second kappa shape index (κ2) is 16.2. The Balaban J connectivity index is 1.02. The van der Waals surface area contributed by atoms with Gasteiger partial charge in [-0.05, 0) is 73.5 Å². The molecule has 3 aliphatic heterocycles. The molecule has 0 aromatic heterocycles. The quantitative estimate of drug-likeness (QED) is 0.102. The highest BCUT2D eigenvalue weighted by Gasteiger charge is 2.72. The lowest BCUT2D eigenvalue weighted by Crippen LogP contribution is -2.71. The van der Waals surface area contributed by atoms with E-state index in [1.54, 1.807) is 7.11 Å². The second-order valence-corrected chi connectivity index (χ2v) is 19.3. The molecule has 7 aliphatic rings. The predicted octanol–water partition coefficient (Wildman–Crippen LogP) is -1.89. The minimum absolute atomic E-state index is 0.0137. The maximum Gasteiger partial charge on any atom is 0.187 e. The van der Waals surface area contributed by atoms with Crippen LogP contribution in [-0.2, 0) is 28.4 Å². The number of hydrogen-bond donors (Lipinski definition) is 11. The summed E-state index contributed by atoms with van der Waals surface area (Å²) in [5.74, 6) is -0.546. The highest BCUT2D eigenvalue weighted by molar-refractivity contribution is 5.20. The summed E-state index contributed by atoms with van der Waals surface area (Å²) in [6, 6.07) is 0. The first-order valence-corrected chi connectivity index (χ1v) is 21.0. The molecule has 0 bridgehead atoms. The number of rotatable bonds is 11. The van der Waals surface area contributed by atoms with Crippen molar-refractivity contribution in [1.29, 1.82) is 0 Å². The highest BCUT2D eigenvalue weighted by Crippen LogP contribution is 2.72. The first-order chi connectivity index (χ1) is 26.8. The third kappa shape index (κ3) is 7.05. The first-order valence-electron chi connectivity index (χ1n) is 21.0. The van der Waals surface area contributed by atoms with Gasteiger partial charge in [0.25, 0.3) is 0 Å². The van der Waals surface area contributed by atoms with E-state index < -0.39 is 110 Å². The van der Waals surface area contributed by atoms with Crippen molar-refractivity contribution in [3.63, 3.8) is 0 Å². The van der Waals surface area contributed by atoms with Gasteiger partial charge in [-0.25, -0.2) is 0 Å². The summed E-state index contributed by atoms with van der Waals surface area (Å²) in [4.78, 5) is 0. The van der Waals surface area contributed by atoms with Crippen LogP contribution in [0.25, 0.3) is 0 Å². The fourth-order valence-corrected chi connectivity index (χ4v) is 13.1. The van der Waals surface area contributed by atoms with Crippen LogP contribution in [0.2, 0.25) is 0 Å². The average molecular weight is 821 g/mol. The fourth-order valence-electron chi connectivity index (χ4n) is 13.1. The van der Waals surface area contributed by atoms with Crippen LogP contribution in [-0.4, -0.2) is 180 Å². The summed E-state index contributed by atoms with van der Waals surface area (Å²) in [6.45, 7) is 7.49. The molecule has 7 fully saturated rings. The molecular weight excluding hydrogens is 752 g/mol. The van der Waals surface area contributed by atoms with Crippen molar-refractivity contribution in [2.24, 2.45) is 46.3 Å². The number of aliphatic hydroxyl groups is 11. The van der Waals surface area contributed by atoms with Crippen LogP contribution in [0.1, 0.15) is 79.1 Å². The van der Waals surface area contributed by atoms with E-state index in [9.17, 15) is 56.2 Å². The van der Waals surface area contributed by atoms with Crippen molar-refractivity contribution < 1.29 is 84.6 Å². The van der Waals surface area contributed by atoms with E-state index in [1.165, 1.54) is 0 Å². The van der Waals surface area contributed by atoms with Gasteiger partial charge in [-0.2, -0.15) is 0 Å². The Hall–Kier alpha value is -0.680. The number of hydrogen-bond acceptors (Lipinski definition) is 17. The molecule has 24 atom stereocenters. The van der Waals surface area contributed by atoms with E-state index in [0.717, 1.165) is 19.3 Å². The molecule has 7 rings (SSSR count). The minimum atomic E-state index is -1.64. The van der Waals surface area contributed by atoms with E-state index in [1.807, 2.05) is 13.8 Å². The molecule has 17 nitrogen and oxygen atoms in total. The van der Waals surface area contributed by atoms with Gasteiger partial charge in [0.05, 0.1) is 49.8 Å². The molecule has 330 valence electrons. The number of fused-ring (bicyclic) bond motifs is 7. The maximum atomic E-state index is 12.3. The van der Waals surface area contributed by atoms with Gasteiger partial charge in [-0.3, -0.25) is 0 Å². The van der Waals surface area contributed by atoms with Gasteiger partial charge in [0.1, 0.15) is 48.8 Å². The van der Waals surface area contributed by atoms with Crippen molar-refractivity contribution in [2.75, 3.05) is 26.9 Å². The Morgan fingerprint density at radius 2 is 1.40 bits per heavy atom. The summed E-state index contributed by atoms with van der Waals surface area (Å²) in [5.41, 5.74) is -2.67. The van der Waals surface area contributed by atoms with Gasteiger partial charge < -0.3 is 84.6 Å². The summed E-state index contributed by atoms with van der Waals surface area (Å²) in [5, 5.41) is 117. The largest absolute Gasteiger partial charge is 0.394 e. The van der Waals surface area contributed by atoms with Gasteiger partial charge >= 0.3 is 0 Å². The lowest BCUT2D eigenvalue weighted by molar-refractivity contribution is -0.339.